The van der Waals surface area contributed by atoms with Gasteiger partial charge in [-0.15, -0.1) is 0 Å². The summed E-state index contributed by atoms with van der Waals surface area (Å²) in [5, 5.41) is 9.63. The molecule has 4 heteroatoms. The van der Waals surface area contributed by atoms with Crippen molar-refractivity contribution >= 4 is 0 Å². The lowest BCUT2D eigenvalue weighted by Gasteiger charge is -2.20. The van der Waals surface area contributed by atoms with E-state index in [1.54, 1.807) is 6.07 Å². The van der Waals surface area contributed by atoms with Gasteiger partial charge in [0.1, 0.15) is 11.6 Å². The van der Waals surface area contributed by atoms with Crippen molar-refractivity contribution in [2.75, 3.05) is 13.1 Å². The number of nitrogens with zero attached hydrogens (tertiary/aromatic N) is 3. The van der Waals surface area contributed by atoms with Crippen LogP contribution in [0.5, 0.6) is 5.75 Å². The number of fused-ring (bicyclic) bond motifs is 1. The number of hydrogen-bond acceptors (Lipinski definition) is 3. The summed E-state index contributed by atoms with van der Waals surface area (Å²) in [6.07, 6.45) is 8.71. The first-order valence-corrected chi connectivity index (χ1v) is 7.84. The molecule has 1 aromatic heterocycles. The Bertz CT molecular complexity index is 645. The van der Waals surface area contributed by atoms with Gasteiger partial charge in [0.2, 0.25) is 0 Å². The van der Waals surface area contributed by atoms with Crippen LogP contribution in [0.1, 0.15) is 35.8 Å². The van der Waals surface area contributed by atoms with Crippen LogP contribution in [0.25, 0.3) is 0 Å². The predicted molar refractivity (Wildman–Crippen MR) is 81.3 cm³/mol. The third kappa shape index (κ3) is 2.68. The Morgan fingerprint density at radius 2 is 1.95 bits per heavy atom. The summed E-state index contributed by atoms with van der Waals surface area (Å²) in [5.74, 6) is 1.58. The monoisotopic (exact) mass is 283 g/mol. The van der Waals surface area contributed by atoms with Crippen LogP contribution in [-0.2, 0) is 19.4 Å². The van der Waals surface area contributed by atoms with Crippen molar-refractivity contribution in [3.8, 4) is 5.75 Å². The van der Waals surface area contributed by atoms with Crippen molar-refractivity contribution in [2.45, 2.75) is 38.3 Å². The van der Waals surface area contributed by atoms with Gasteiger partial charge in [0, 0.05) is 31.5 Å². The summed E-state index contributed by atoms with van der Waals surface area (Å²) in [6.45, 7) is 3.03. The Kier molecular flexibility index (Phi) is 3.19. The van der Waals surface area contributed by atoms with Gasteiger partial charge in [-0.25, -0.2) is 4.98 Å². The highest BCUT2D eigenvalue weighted by Gasteiger charge is 2.26. The molecule has 0 atom stereocenters. The average Bonchev–Trinajstić information content (AvgIpc) is 3.25. The SMILES string of the molecule is Oc1ccc2c(c1)CCN(Cc1nccn1C1CC1)CC2. The molecule has 1 aliphatic carbocycles. The normalized spacial score (nSPS) is 19.2. The second-order valence-corrected chi connectivity index (χ2v) is 6.21. The van der Waals surface area contributed by atoms with Gasteiger partial charge < -0.3 is 9.67 Å². The fourth-order valence-electron chi connectivity index (χ4n) is 3.27. The van der Waals surface area contributed by atoms with Crippen molar-refractivity contribution in [3.05, 3.63) is 47.5 Å². The van der Waals surface area contributed by atoms with Crippen molar-refractivity contribution in [1.29, 1.82) is 0 Å². The molecule has 1 N–H and O–H groups in total. The van der Waals surface area contributed by atoms with E-state index in [0.29, 0.717) is 11.8 Å². The second kappa shape index (κ2) is 5.19. The number of hydrogen-bond donors (Lipinski definition) is 1. The Morgan fingerprint density at radius 3 is 2.76 bits per heavy atom. The highest BCUT2D eigenvalue weighted by atomic mass is 16.3. The zero-order valence-electron chi connectivity index (χ0n) is 12.2. The summed E-state index contributed by atoms with van der Waals surface area (Å²) in [7, 11) is 0. The van der Waals surface area contributed by atoms with Crippen molar-refractivity contribution < 1.29 is 5.11 Å². The van der Waals surface area contributed by atoms with Gasteiger partial charge >= 0.3 is 0 Å². The molecule has 0 saturated heterocycles. The molecule has 2 heterocycles. The Labute approximate surface area is 125 Å². The predicted octanol–water partition coefficient (Wildman–Crippen LogP) is 2.52. The lowest BCUT2D eigenvalue weighted by Crippen LogP contribution is -2.27. The van der Waals surface area contributed by atoms with E-state index in [-0.39, 0.29) is 0 Å². The van der Waals surface area contributed by atoms with E-state index in [2.05, 4.69) is 26.7 Å². The van der Waals surface area contributed by atoms with E-state index in [9.17, 15) is 5.11 Å². The average molecular weight is 283 g/mol. The first-order chi connectivity index (χ1) is 10.3. The maximum Gasteiger partial charge on any atom is 0.123 e. The first-order valence-electron chi connectivity index (χ1n) is 7.84. The van der Waals surface area contributed by atoms with Gasteiger partial charge in [0.25, 0.3) is 0 Å². The van der Waals surface area contributed by atoms with Gasteiger partial charge in [-0.05, 0) is 48.9 Å². The first kappa shape index (κ1) is 12.9. The van der Waals surface area contributed by atoms with Crippen LogP contribution in [0, 0.1) is 0 Å². The lowest BCUT2D eigenvalue weighted by atomic mass is 10.0. The third-order valence-electron chi connectivity index (χ3n) is 4.64. The number of benzene rings is 1. The third-order valence-corrected chi connectivity index (χ3v) is 4.64. The summed E-state index contributed by atoms with van der Waals surface area (Å²) in [4.78, 5) is 7.03. The van der Waals surface area contributed by atoms with E-state index < -0.39 is 0 Å². The number of phenols is 1. The molecule has 4 nitrogen and oxygen atoms in total. The minimum Gasteiger partial charge on any atom is -0.508 e. The molecule has 1 fully saturated rings. The quantitative estimate of drug-likeness (QED) is 0.941. The van der Waals surface area contributed by atoms with E-state index in [1.165, 1.54) is 29.8 Å². The molecule has 2 aromatic rings. The molecule has 0 amide bonds. The van der Waals surface area contributed by atoms with Crippen LogP contribution >= 0.6 is 0 Å². The van der Waals surface area contributed by atoms with Gasteiger partial charge in [-0.2, -0.15) is 0 Å². The number of phenolic OH excluding ortho intramolecular Hbond substituents is 1. The minimum absolute atomic E-state index is 0.381. The Morgan fingerprint density at radius 1 is 1.14 bits per heavy atom. The molecule has 0 radical (unpaired) electrons. The summed E-state index contributed by atoms with van der Waals surface area (Å²) < 4.78 is 2.35. The number of imidazole rings is 1. The minimum atomic E-state index is 0.381. The molecule has 2 aliphatic rings. The summed E-state index contributed by atoms with van der Waals surface area (Å²) >= 11 is 0. The van der Waals surface area contributed by atoms with Crippen LogP contribution in [-0.4, -0.2) is 32.6 Å². The Balaban J connectivity index is 1.47. The van der Waals surface area contributed by atoms with Crippen molar-refractivity contribution in [1.82, 2.24) is 14.5 Å². The molecular weight excluding hydrogens is 262 g/mol. The smallest absolute Gasteiger partial charge is 0.123 e. The summed E-state index contributed by atoms with van der Waals surface area (Å²) in [6, 6.07) is 6.49. The van der Waals surface area contributed by atoms with Crippen molar-refractivity contribution in [2.24, 2.45) is 0 Å². The highest BCUT2D eigenvalue weighted by Crippen LogP contribution is 2.35. The van der Waals surface area contributed by atoms with E-state index in [1.807, 2.05) is 12.3 Å². The van der Waals surface area contributed by atoms with Crippen LogP contribution in [0.2, 0.25) is 0 Å². The molecule has 110 valence electrons. The molecule has 4 rings (SSSR count). The van der Waals surface area contributed by atoms with Gasteiger partial charge in [0.05, 0.1) is 6.54 Å². The number of rotatable bonds is 3. The van der Waals surface area contributed by atoms with E-state index >= 15 is 0 Å². The topological polar surface area (TPSA) is 41.3 Å². The van der Waals surface area contributed by atoms with Crippen LogP contribution in [0.4, 0.5) is 0 Å². The van der Waals surface area contributed by atoms with Crippen molar-refractivity contribution in [3.63, 3.8) is 0 Å². The van der Waals surface area contributed by atoms with Gasteiger partial charge in [-0.1, -0.05) is 6.07 Å². The standard InChI is InChI=1S/C17H21N3O/c21-16-4-1-13-5-8-19(9-6-14(13)11-16)12-17-18-7-10-20(17)15-2-3-15/h1,4,7,10-11,15,21H,2-3,5-6,8-9,12H2. The zero-order chi connectivity index (χ0) is 14.2. The fraction of sp³-hybridized carbons (Fsp3) is 0.471. The number of aromatic nitrogens is 2. The lowest BCUT2D eigenvalue weighted by molar-refractivity contribution is 0.268. The van der Waals surface area contributed by atoms with E-state index in [4.69, 9.17) is 0 Å². The van der Waals surface area contributed by atoms with Crippen LogP contribution in [0.15, 0.2) is 30.6 Å². The van der Waals surface area contributed by atoms with Crippen LogP contribution in [0.3, 0.4) is 0 Å². The molecule has 21 heavy (non-hydrogen) atoms. The molecular formula is C17H21N3O. The fourth-order valence-corrected chi connectivity index (χ4v) is 3.27. The Hall–Kier alpha value is -1.81. The molecule has 1 aliphatic heterocycles. The van der Waals surface area contributed by atoms with Gasteiger partial charge in [0.15, 0.2) is 0 Å². The molecule has 0 unspecified atom stereocenters. The second-order valence-electron chi connectivity index (χ2n) is 6.21. The molecule has 0 bridgehead atoms. The van der Waals surface area contributed by atoms with Crippen LogP contribution < -0.4 is 0 Å². The molecule has 0 spiro atoms. The zero-order valence-corrected chi connectivity index (χ0v) is 12.2. The molecule has 1 saturated carbocycles. The largest absolute Gasteiger partial charge is 0.508 e. The van der Waals surface area contributed by atoms with E-state index in [0.717, 1.165) is 32.5 Å². The summed E-state index contributed by atoms with van der Waals surface area (Å²) in [5.41, 5.74) is 2.67. The maximum absolute atomic E-state index is 9.63. The van der Waals surface area contributed by atoms with Gasteiger partial charge in [-0.3, -0.25) is 4.90 Å². The highest BCUT2D eigenvalue weighted by molar-refractivity contribution is 5.36. The molecule has 1 aromatic carbocycles. The number of aromatic hydroxyl groups is 1. The maximum atomic E-state index is 9.63.